The molecule has 0 atom stereocenters. The van der Waals surface area contributed by atoms with Crippen molar-refractivity contribution in [2.45, 2.75) is 4.90 Å². The number of esters is 1. The van der Waals surface area contributed by atoms with Crippen molar-refractivity contribution in [1.29, 1.82) is 0 Å². The van der Waals surface area contributed by atoms with Gasteiger partial charge in [-0.05, 0) is 35.4 Å². The molecular formula is C25H23NO6S. The highest BCUT2D eigenvalue weighted by Gasteiger charge is 2.26. The van der Waals surface area contributed by atoms with Crippen LogP contribution in [0.4, 0.5) is 0 Å². The Labute approximate surface area is 192 Å². The Morgan fingerprint density at radius 1 is 0.788 bits per heavy atom. The number of sulfonamides is 1. The van der Waals surface area contributed by atoms with Gasteiger partial charge in [0.1, 0.15) is 0 Å². The van der Waals surface area contributed by atoms with Crippen molar-refractivity contribution < 1.29 is 27.5 Å². The fourth-order valence-corrected chi connectivity index (χ4v) is 4.88. The number of nitrogens with zero attached hydrogens (tertiary/aromatic N) is 1. The highest BCUT2D eigenvalue weighted by Crippen LogP contribution is 2.20. The zero-order chi connectivity index (χ0) is 23.3. The van der Waals surface area contributed by atoms with E-state index in [0.717, 1.165) is 11.1 Å². The Hall–Kier alpha value is -3.33. The quantitative estimate of drug-likeness (QED) is 0.392. The number of morpholine rings is 1. The van der Waals surface area contributed by atoms with Crippen molar-refractivity contribution >= 4 is 21.8 Å². The third-order valence-electron chi connectivity index (χ3n) is 5.35. The lowest BCUT2D eigenvalue weighted by Gasteiger charge is -2.26. The maximum atomic E-state index is 12.7. The summed E-state index contributed by atoms with van der Waals surface area (Å²) in [6, 6.07) is 22.4. The minimum absolute atomic E-state index is 0.0931. The average molecular weight is 466 g/mol. The van der Waals surface area contributed by atoms with Crippen molar-refractivity contribution in [2.75, 3.05) is 32.9 Å². The molecule has 0 radical (unpaired) electrons. The first-order valence-electron chi connectivity index (χ1n) is 10.5. The van der Waals surface area contributed by atoms with Crippen LogP contribution in [-0.4, -0.2) is 57.4 Å². The minimum Gasteiger partial charge on any atom is -0.454 e. The summed E-state index contributed by atoms with van der Waals surface area (Å²) in [4.78, 5) is 24.8. The second kappa shape index (κ2) is 10.1. The van der Waals surface area contributed by atoms with Crippen LogP contribution in [0.2, 0.25) is 0 Å². The average Bonchev–Trinajstić information content (AvgIpc) is 2.88. The highest BCUT2D eigenvalue weighted by molar-refractivity contribution is 7.89. The molecule has 3 aromatic carbocycles. The van der Waals surface area contributed by atoms with E-state index in [0.29, 0.717) is 31.9 Å². The molecule has 4 rings (SSSR count). The van der Waals surface area contributed by atoms with Gasteiger partial charge in [0.25, 0.3) is 0 Å². The van der Waals surface area contributed by atoms with Gasteiger partial charge in [0.05, 0.1) is 23.7 Å². The summed E-state index contributed by atoms with van der Waals surface area (Å²) < 4.78 is 37.0. The molecule has 3 aromatic rings. The fraction of sp³-hybridized carbons (Fsp3) is 0.200. The lowest BCUT2D eigenvalue weighted by atomic mass is 10.0. The van der Waals surface area contributed by atoms with Gasteiger partial charge >= 0.3 is 5.97 Å². The first-order valence-corrected chi connectivity index (χ1v) is 11.9. The van der Waals surface area contributed by atoms with Crippen LogP contribution in [0.5, 0.6) is 0 Å². The van der Waals surface area contributed by atoms with E-state index < -0.39 is 22.6 Å². The molecule has 1 fully saturated rings. The molecule has 0 amide bonds. The van der Waals surface area contributed by atoms with Crippen LogP contribution in [0, 0.1) is 0 Å². The Kier molecular flexibility index (Phi) is 6.98. The molecule has 1 heterocycles. The number of ether oxygens (including phenoxy) is 2. The summed E-state index contributed by atoms with van der Waals surface area (Å²) in [6.45, 7) is 0.887. The number of benzene rings is 3. The van der Waals surface area contributed by atoms with Crippen LogP contribution in [0.15, 0.2) is 83.8 Å². The topological polar surface area (TPSA) is 90.0 Å². The van der Waals surface area contributed by atoms with Crippen molar-refractivity contribution in [2.24, 2.45) is 0 Å². The van der Waals surface area contributed by atoms with Crippen LogP contribution in [0.1, 0.15) is 20.7 Å². The Morgan fingerprint density at radius 2 is 1.36 bits per heavy atom. The van der Waals surface area contributed by atoms with E-state index >= 15 is 0 Å². The second-order valence-corrected chi connectivity index (χ2v) is 9.42. The smallest absolute Gasteiger partial charge is 0.338 e. The third-order valence-corrected chi connectivity index (χ3v) is 7.26. The monoisotopic (exact) mass is 465 g/mol. The normalized spacial score (nSPS) is 14.5. The minimum atomic E-state index is -3.64. The van der Waals surface area contributed by atoms with Crippen LogP contribution >= 0.6 is 0 Å². The van der Waals surface area contributed by atoms with E-state index in [-0.39, 0.29) is 16.2 Å². The number of Topliss-reactive ketones (excluding diaryl/α,β-unsaturated/α-hetero) is 1. The van der Waals surface area contributed by atoms with Crippen LogP contribution in [0.3, 0.4) is 0 Å². The number of hydrogen-bond acceptors (Lipinski definition) is 6. The zero-order valence-corrected chi connectivity index (χ0v) is 18.7. The highest BCUT2D eigenvalue weighted by atomic mass is 32.2. The summed E-state index contributed by atoms with van der Waals surface area (Å²) in [5.74, 6) is -1.02. The van der Waals surface area contributed by atoms with Crippen LogP contribution < -0.4 is 0 Å². The molecule has 0 aliphatic carbocycles. The van der Waals surface area contributed by atoms with Gasteiger partial charge in [-0.1, -0.05) is 54.6 Å². The number of carbonyl (C=O) groups is 2. The van der Waals surface area contributed by atoms with Gasteiger partial charge in [-0.25, -0.2) is 13.2 Å². The molecule has 8 heteroatoms. The molecule has 1 saturated heterocycles. The number of carbonyl (C=O) groups excluding carboxylic acids is 2. The molecule has 33 heavy (non-hydrogen) atoms. The van der Waals surface area contributed by atoms with Crippen LogP contribution in [-0.2, 0) is 19.5 Å². The Bertz CT molecular complexity index is 1220. The number of hydrogen-bond donors (Lipinski definition) is 0. The summed E-state index contributed by atoms with van der Waals surface area (Å²) in [6.07, 6.45) is 0. The molecule has 1 aliphatic heterocycles. The van der Waals surface area contributed by atoms with Gasteiger partial charge in [0, 0.05) is 18.7 Å². The lowest BCUT2D eigenvalue weighted by molar-refractivity contribution is 0.0474. The van der Waals surface area contributed by atoms with E-state index in [1.54, 1.807) is 12.1 Å². The SMILES string of the molecule is O=C(COC(=O)c1ccc(S(=O)(=O)N2CCOCC2)cc1)c1ccc(-c2ccccc2)cc1. The van der Waals surface area contributed by atoms with E-state index in [1.165, 1.54) is 28.6 Å². The molecular weight excluding hydrogens is 442 g/mol. The Balaban J connectivity index is 1.35. The van der Waals surface area contributed by atoms with Crippen molar-refractivity contribution in [3.05, 3.63) is 90.0 Å². The van der Waals surface area contributed by atoms with Crippen LogP contribution in [0.25, 0.3) is 11.1 Å². The molecule has 0 spiro atoms. The first kappa shape index (κ1) is 22.8. The second-order valence-electron chi connectivity index (χ2n) is 7.48. The van der Waals surface area contributed by atoms with E-state index in [1.807, 2.05) is 42.5 Å². The summed E-state index contributed by atoms with van der Waals surface area (Å²) >= 11 is 0. The molecule has 170 valence electrons. The third kappa shape index (κ3) is 5.36. The van der Waals surface area contributed by atoms with Crippen molar-refractivity contribution in [1.82, 2.24) is 4.31 Å². The zero-order valence-electron chi connectivity index (χ0n) is 17.8. The molecule has 1 aliphatic rings. The lowest BCUT2D eigenvalue weighted by Crippen LogP contribution is -2.40. The predicted octanol–water partition coefficient (Wildman–Crippen LogP) is 3.41. The largest absolute Gasteiger partial charge is 0.454 e. The molecule has 0 saturated carbocycles. The van der Waals surface area contributed by atoms with Crippen molar-refractivity contribution in [3.8, 4) is 11.1 Å². The summed E-state index contributed by atoms with van der Waals surface area (Å²) in [5.41, 5.74) is 2.64. The Morgan fingerprint density at radius 3 is 2.00 bits per heavy atom. The molecule has 0 unspecified atom stereocenters. The van der Waals surface area contributed by atoms with Gasteiger partial charge in [0.2, 0.25) is 10.0 Å². The summed E-state index contributed by atoms with van der Waals surface area (Å²) in [7, 11) is -3.64. The van der Waals surface area contributed by atoms with Gasteiger partial charge in [0.15, 0.2) is 12.4 Å². The fourth-order valence-electron chi connectivity index (χ4n) is 3.48. The van der Waals surface area contributed by atoms with E-state index in [2.05, 4.69) is 0 Å². The predicted molar refractivity (Wildman–Crippen MR) is 123 cm³/mol. The van der Waals surface area contributed by atoms with Gasteiger partial charge in [-0.2, -0.15) is 4.31 Å². The molecule has 7 nitrogen and oxygen atoms in total. The molecule has 0 bridgehead atoms. The maximum Gasteiger partial charge on any atom is 0.338 e. The van der Waals surface area contributed by atoms with Gasteiger partial charge in [-0.3, -0.25) is 4.79 Å². The first-order chi connectivity index (χ1) is 15.9. The van der Waals surface area contributed by atoms with E-state index in [9.17, 15) is 18.0 Å². The number of rotatable bonds is 7. The molecule has 0 aromatic heterocycles. The molecule has 0 N–H and O–H groups in total. The van der Waals surface area contributed by atoms with Gasteiger partial charge < -0.3 is 9.47 Å². The van der Waals surface area contributed by atoms with Gasteiger partial charge in [-0.15, -0.1) is 0 Å². The standard InChI is InChI=1S/C25H23NO6S/c27-24(21-8-6-20(7-9-21)19-4-2-1-3-5-19)18-32-25(28)22-10-12-23(13-11-22)33(29,30)26-14-16-31-17-15-26/h1-13H,14-18H2. The maximum absolute atomic E-state index is 12.7. The van der Waals surface area contributed by atoms with Crippen molar-refractivity contribution in [3.63, 3.8) is 0 Å². The van der Waals surface area contributed by atoms with E-state index in [4.69, 9.17) is 9.47 Å². The summed E-state index contributed by atoms with van der Waals surface area (Å²) in [5, 5.41) is 0. The number of ketones is 1.